The average Bonchev–Trinajstić information content (AvgIpc) is 3.31. The maximum absolute atomic E-state index is 12.5. The molecule has 0 fully saturated rings. The first-order chi connectivity index (χ1) is 12.4. The van der Waals surface area contributed by atoms with Crippen molar-refractivity contribution in [3.05, 3.63) is 40.9 Å². The largest absolute Gasteiger partial charge is 0.471 e. The van der Waals surface area contributed by atoms with Gasteiger partial charge >= 0.3 is 18.0 Å². The Bertz CT molecular complexity index is 900. The Morgan fingerprint density at radius 3 is 2.85 bits per heavy atom. The minimum absolute atomic E-state index is 0.127. The van der Waals surface area contributed by atoms with Gasteiger partial charge in [-0.25, -0.2) is 4.79 Å². The molecule has 0 saturated carbocycles. The molecule has 0 amide bonds. The number of ether oxygens (including phenoxy) is 1. The van der Waals surface area contributed by atoms with Gasteiger partial charge in [0.15, 0.2) is 5.69 Å². The predicted molar refractivity (Wildman–Crippen MR) is 84.5 cm³/mol. The van der Waals surface area contributed by atoms with Gasteiger partial charge in [-0.1, -0.05) is 12.1 Å². The summed E-state index contributed by atoms with van der Waals surface area (Å²) in [6, 6.07) is 4.87. The van der Waals surface area contributed by atoms with E-state index in [1.165, 1.54) is 16.0 Å². The molecule has 3 aromatic rings. The standard InChI is InChI=1S/C15H13F3N4O3S/c1-2-7-24-13(23)10-5-6-22(20-10)8-9-3-4-11(26-9)12-19-14(25-21-12)15(16,17)18/h3-6H,2,7-8H2,1H3. The second-order valence-corrected chi connectivity index (χ2v) is 6.39. The maximum Gasteiger partial charge on any atom is 0.471 e. The van der Waals surface area contributed by atoms with Crippen molar-refractivity contribution in [2.45, 2.75) is 26.1 Å². The van der Waals surface area contributed by atoms with E-state index in [0.717, 1.165) is 11.3 Å². The van der Waals surface area contributed by atoms with E-state index in [0.29, 0.717) is 18.0 Å². The molecule has 0 aliphatic carbocycles. The van der Waals surface area contributed by atoms with Crippen molar-refractivity contribution in [3.8, 4) is 10.7 Å². The molecule has 0 aliphatic heterocycles. The third kappa shape index (κ3) is 4.10. The number of alkyl halides is 3. The zero-order valence-corrected chi connectivity index (χ0v) is 14.3. The summed E-state index contributed by atoms with van der Waals surface area (Å²) in [7, 11) is 0. The Hall–Kier alpha value is -2.69. The number of hydrogen-bond donors (Lipinski definition) is 0. The normalized spacial score (nSPS) is 11.7. The minimum Gasteiger partial charge on any atom is -0.461 e. The quantitative estimate of drug-likeness (QED) is 0.602. The van der Waals surface area contributed by atoms with Crippen molar-refractivity contribution in [3.63, 3.8) is 0 Å². The summed E-state index contributed by atoms with van der Waals surface area (Å²) in [6.07, 6.45) is -2.34. The van der Waals surface area contributed by atoms with Gasteiger partial charge in [0.1, 0.15) is 0 Å². The van der Waals surface area contributed by atoms with Gasteiger partial charge in [-0.05, 0) is 24.6 Å². The summed E-state index contributed by atoms with van der Waals surface area (Å²) in [5.74, 6) is -2.01. The van der Waals surface area contributed by atoms with Crippen LogP contribution >= 0.6 is 11.3 Å². The summed E-state index contributed by atoms with van der Waals surface area (Å²) >= 11 is 1.21. The topological polar surface area (TPSA) is 83.0 Å². The van der Waals surface area contributed by atoms with Crippen LogP contribution in [0.5, 0.6) is 0 Å². The highest BCUT2D eigenvalue weighted by atomic mass is 32.1. The van der Waals surface area contributed by atoms with Crippen molar-refractivity contribution in [1.82, 2.24) is 19.9 Å². The zero-order valence-electron chi connectivity index (χ0n) is 13.5. The van der Waals surface area contributed by atoms with Crippen LogP contribution in [-0.4, -0.2) is 32.5 Å². The van der Waals surface area contributed by atoms with Crippen molar-refractivity contribution in [2.24, 2.45) is 0 Å². The predicted octanol–water partition coefficient (Wildman–Crippen LogP) is 3.63. The Morgan fingerprint density at radius 2 is 2.15 bits per heavy atom. The Kier molecular flexibility index (Phi) is 5.07. The summed E-state index contributed by atoms with van der Waals surface area (Å²) in [5.41, 5.74) is 0.197. The number of hydrogen-bond acceptors (Lipinski definition) is 7. The number of aromatic nitrogens is 4. The second kappa shape index (κ2) is 7.28. The highest BCUT2D eigenvalue weighted by molar-refractivity contribution is 7.15. The van der Waals surface area contributed by atoms with Crippen LogP contribution in [0, 0.1) is 0 Å². The molecule has 3 rings (SSSR count). The van der Waals surface area contributed by atoms with Gasteiger partial charge in [0.25, 0.3) is 0 Å². The van der Waals surface area contributed by atoms with Crippen LogP contribution in [0.25, 0.3) is 10.7 Å². The molecule has 0 N–H and O–H groups in total. The molecule has 0 radical (unpaired) electrons. The van der Waals surface area contributed by atoms with E-state index in [1.807, 2.05) is 6.92 Å². The fraction of sp³-hybridized carbons (Fsp3) is 0.333. The lowest BCUT2D eigenvalue weighted by Gasteiger charge is -2.00. The molecule has 3 aromatic heterocycles. The van der Waals surface area contributed by atoms with E-state index in [2.05, 4.69) is 19.8 Å². The second-order valence-electron chi connectivity index (χ2n) is 5.22. The van der Waals surface area contributed by atoms with Crippen LogP contribution in [0.2, 0.25) is 0 Å². The van der Waals surface area contributed by atoms with Crippen molar-refractivity contribution in [2.75, 3.05) is 6.61 Å². The number of rotatable bonds is 6. The summed E-state index contributed by atoms with van der Waals surface area (Å²) in [4.78, 5) is 16.3. The van der Waals surface area contributed by atoms with Crippen LogP contribution in [0.1, 0.15) is 34.6 Å². The number of carbonyl (C=O) groups excluding carboxylic acids is 1. The lowest BCUT2D eigenvalue weighted by atomic mass is 10.4. The first kappa shape index (κ1) is 18.1. The Labute approximate surface area is 149 Å². The summed E-state index contributed by atoms with van der Waals surface area (Å²) < 4.78 is 48.3. The maximum atomic E-state index is 12.5. The van der Waals surface area contributed by atoms with Gasteiger partial charge in [0.05, 0.1) is 18.0 Å². The lowest BCUT2D eigenvalue weighted by Crippen LogP contribution is -2.08. The van der Waals surface area contributed by atoms with E-state index >= 15 is 0 Å². The minimum atomic E-state index is -4.68. The molecular formula is C15H13F3N4O3S. The van der Waals surface area contributed by atoms with Crippen LogP contribution < -0.4 is 0 Å². The van der Waals surface area contributed by atoms with Crippen LogP contribution in [0.4, 0.5) is 13.2 Å². The summed E-state index contributed by atoms with van der Waals surface area (Å²) in [5, 5.41) is 7.48. The van der Waals surface area contributed by atoms with Gasteiger partial charge in [0.2, 0.25) is 5.82 Å². The Morgan fingerprint density at radius 1 is 1.35 bits per heavy atom. The third-order valence-electron chi connectivity index (χ3n) is 3.16. The highest BCUT2D eigenvalue weighted by Gasteiger charge is 2.38. The number of halogens is 3. The van der Waals surface area contributed by atoms with Gasteiger partial charge in [-0.2, -0.15) is 23.3 Å². The van der Waals surface area contributed by atoms with E-state index in [4.69, 9.17) is 4.74 Å². The van der Waals surface area contributed by atoms with E-state index in [9.17, 15) is 18.0 Å². The van der Waals surface area contributed by atoms with E-state index < -0.39 is 18.0 Å². The smallest absolute Gasteiger partial charge is 0.461 e. The third-order valence-corrected chi connectivity index (χ3v) is 4.22. The van der Waals surface area contributed by atoms with E-state index in [1.54, 1.807) is 24.4 Å². The molecule has 3 heterocycles. The average molecular weight is 386 g/mol. The number of nitrogens with zero attached hydrogens (tertiary/aromatic N) is 4. The van der Waals surface area contributed by atoms with Gasteiger partial charge in [0, 0.05) is 11.1 Å². The monoisotopic (exact) mass is 386 g/mol. The molecule has 0 aromatic carbocycles. The molecule has 7 nitrogen and oxygen atoms in total. The highest BCUT2D eigenvalue weighted by Crippen LogP contribution is 2.31. The molecule has 0 saturated heterocycles. The van der Waals surface area contributed by atoms with Crippen molar-refractivity contribution < 1.29 is 27.2 Å². The number of carbonyl (C=O) groups is 1. The van der Waals surface area contributed by atoms with Crippen molar-refractivity contribution >= 4 is 17.3 Å². The first-order valence-electron chi connectivity index (χ1n) is 7.57. The SMILES string of the molecule is CCCOC(=O)c1ccn(Cc2ccc(-c3noc(C(F)(F)F)n3)s2)n1. The zero-order chi connectivity index (χ0) is 18.7. The lowest BCUT2D eigenvalue weighted by molar-refractivity contribution is -0.159. The molecular weight excluding hydrogens is 373 g/mol. The van der Waals surface area contributed by atoms with Crippen LogP contribution in [-0.2, 0) is 17.5 Å². The fourth-order valence-electron chi connectivity index (χ4n) is 2.01. The first-order valence-corrected chi connectivity index (χ1v) is 8.39. The van der Waals surface area contributed by atoms with Gasteiger partial charge in [-0.15, -0.1) is 11.3 Å². The number of thiophene rings is 1. The number of esters is 1. The van der Waals surface area contributed by atoms with Gasteiger partial charge in [-0.3, -0.25) is 4.68 Å². The molecule has 0 spiro atoms. The van der Waals surface area contributed by atoms with Crippen LogP contribution in [0.15, 0.2) is 28.9 Å². The molecule has 0 aliphatic rings. The molecule has 138 valence electrons. The van der Waals surface area contributed by atoms with Gasteiger partial charge < -0.3 is 9.26 Å². The van der Waals surface area contributed by atoms with Crippen molar-refractivity contribution in [1.29, 1.82) is 0 Å². The van der Waals surface area contributed by atoms with E-state index in [-0.39, 0.29) is 11.5 Å². The molecule has 0 bridgehead atoms. The molecule has 11 heteroatoms. The summed E-state index contributed by atoms with van der Waals surface area (Å²) in [6.45, 7) is 2.56. The molecule has 0 unspecified atom stereocenters. The van der Waals surface area contributed by atoms with Crippen LogP contribution in [0.3, 0.4) is 0 Å². The fourth-order valence-corrected chi connectivity index (χ4v) is 2.93. The Balaban J connectivity index is 1.68. The molecule has 0 atom stereocenters. The molecule has 26 heavy (non-hydrogen) atoms.